The molecule has 2 aromatic rings. The van der Waals surface area contributed by atoms with Gasteiger partial charge in [0.2, 0.25) is 0 Å². The molecule has 1 aromatic carbocycles. The minimum Gasteiger partial charge on any atom is -0.381 e. The van der Waals surface area contributed by atoms with Gasteiger partial charge < -0.3 is 5.32 Å². The van der Waals surface area contributed by atoms with Crippen LogP contribution in [-0.2, 0) is 0 Å². The molecule has 1 aliphatic carbocycles. The van der Waals surface area contributed by atoms with Crippen molar-refractivity contribution < 1.29 is 0 Å². The maximum Gasteiger partial charge on any atom is 0.0877 e. The third kappa shape index (κ3) is 2.36. The third-order valence-corrected chi connectivity index (χ3v) is 3.66. The Balaban J connectivity index is 1.92. The molecule has 3 nitrogen and oxygen atoms in total. The topological polar surface area (TPSA) is 29.9 Å². The average Bonchev–Trinajstić information content (AvgIpc) is 3.07. The Labute approximate surface area is 112 Å². The number of aromatic nitrogens is 2. The molecule has 1 N–H and O–H groups in total. The average molecular weight is 262 g/mol. The standard InChI is InChI=1S/C14H16ClN3/c1-10(11-3-4-11)17-13-9-12(15)5-6-14(13)18-8-2-7-16-18/h2,5-11,17H,3-4H2,1H3. The van der Waals surface area contributed by atoms with E-state index in [-0.39, 0.29) is 0 Å². The normalized spacial score (nSPS) is 16.6. The van der Waals surface area contributed by atoms with Crippen LogP contribution in [0.3, 0.4) is 0 Å². The molecule has 1 fully saturated rings. The Bertz CT molecular complexity index is 532. The van der Waals surface area contributed by atoms with Crippen molar-refractivity contribution in [2.75, 3.05) is 5.32 Å². The molecule has 0 bridgehead atoms. The van der Waals surface area contributed by atoms with Gasteiger partial charge in [0.05, 0.1) is 11.4 Å². The zero-order valence-electron chi connectivity index (χ0n) is 10.3. The van der Waals surface area contributed by atoms with Crippen molar-refractivity contribution in [3.63, 3.8) is 0 Å². The smallest absolute Gasteiger partial charge is 0.0877 e. The van der Waals surface area contributed by atoms with Crippen LogP contribution >= 0.6 is 11.6 Å². The summed E-state index contributed by atoms with van der Waals surface area (Å²) in [6.07, 6.45) is 6.37. The first kappa shape index (κ1) is 11.6. The Hall–Kier alpha value is -1.48. The van der Waals surface area contributed by atoms with Gasteiger partial charge in [-0.15, -0.1) is 0 Å². The van der Waals surface area contributed by atoms with Crippen molar-refractivity contribution in [2.45, 2.75) is 25.8 Å². The molecule has 1 atom stereocenters. The molecule has 18 heavy (non-hydrogen) atoms. The predicted octanol–water partition coefficient (Wildman–Crippen LogP) is 3.74. The SMILES string of the molecule is CC(Nc1cc(Cl)ccc1-n1cccn1)C1CC1. The Morgan fingerprint density at radius 1 is 1.44 bits per heavy atom. The van der Waals surface area contributed by atoms with Gasteiger partial charge in [-0.25, -0.2) is 4.68 Å². The fourth-order valence-electron chi connectivity index (χ4n) is 2.19. The Kier molecular flexibility index (Phi) is 3.00. The molecule has 0 amide bonds. The molecule has 0 spiro atoms. The second-order valence-corrected chi connectivity index (χ2v) is 5.32. The highest BCUT2D eigenvalue weighted by Crippen LogP contribution is 2.35. The lowest BCUT2D eigenvalue weighted by molar-refractivity contribution is 0.692. The highest BCUT2D eigenvalue weighted by molar-refractivity contribution is 6.31. The van der Waals surface area contributed by atoms with Gasteiger partial charge in [-0.1, -0.05) is 11.6 Å². The van der Waals surface area contributed by atoms with E-state index < -0.39 is 0 Å². The van der Waals surface area contributed by atoms with Crippen LogP contribution < -0.4 is 5.32 Å². The third-order valence-electron chi connectivity index (χ3n) is 3.42. The van der Waals surface area contributed by atoms with E-state index in [1.807, 2.05) is 35.1 Å². The zero-order chi connectivity index (χ0) is 12.5. The summed E-state index contributed by atoms with van der Waals surface area (Å²) in [6, 6.07) is 8.26. The Morgan fingerprint density at radius 3 is 2.94 bits per heavy atom. The van der Waals surface area contributed by atoms with Crippen molar-refractivity contribution in [3.05, 3.63) is 41.7 Å². The molecule has 4 heteroatoms. The monoisotopic (exact) mass is 261 g/mol. The molecule has 1 aliphatic rings. The fraction of sp³-hybridized carbons (Fsp3) is 0.357. The summed E-state index contributed by atoms with van der Waals surface area (Å²) in [7, 11) is 0. The minimum absolute atomic E-state index is 0.484. The van der Waals surface area contributed by atoms with Gasteiger partial charge in [-0.2, -0.15) is 5.10 Å². The summed E-state index contributed by atoms with van der Waals surface area (Å²) in [4.78, 5) is 0. The second kappa shape index (κ2) is 4.65. The quantitative estimate of drug-likeness (QED) is 0.909. The van der Waals surface area contributed by atoms with Gasteiger partial charge in [0.15, 0.2) is 0 Å². The molecule has 0 radical (unpaired) electrons. The van der Waals surface area contributed by atoms with E-state index in [2.05, 4.69) is 17.3 Å². The van der Waals surface area contributed by atoms with Gasteiger partial charge >= 0.3 is 0 Å². The number of hydrogen-bond acceptors (Lipinski definition) is 2. The van der Waals surface area contributed by atoms with Gasteiger partial charge in [-0.05, 0) is 49.9 Å². The first-order valence-electron chi connectivity index (χ1n) is 6.30. The largest absolute Gasteiger partial charge is 0.381 e. The van der Waals surface area contributed by atoms with E-state index in [1.54, 1.807) is 6.20 Å². The van der Waals surface area contributed by atoms with Crippen molar-refractivity contribution >= 4 is 17.3 Å². The number of nitrogens with one attached hydrogen (secondary N) is 1. The van der Waals surface area contributed by atoms with Crippen molar-refractivity contribution in [1.29, 1.82) is 0 Å². The lowest BCUT2D eigenvalue weighted by Crippen LogP contribution is -2.18. The predicted molar refractivity (Wildman–Crippen MR) is 74.4 cm³/mol. The lowest BCUT2D eigenvalue weighted by Gasteiger charge is -2.18. The van der Waals surface area contributed by atoms with Gasteiger partial charge in [0.25, 0.3) is 0 Å². The highest BCUT2D eigenvalue weighted by Gasteiger charge is 2.28. The number of benzene rings is 1. The summed E-state index contributed by atoms with van der Waals surface area (Å²) >= 11 is 6.09. The summed E-state index contributed by atoms with van der Waals surface area (Å²) in [5.41, 5.74) is 2.09. The van der Waals surface area contributed by atoms with Crippen molar-refractivity contribution in [1.82, 2.24) is 9.78 Å². The fourth-order valence-corrected chi connectivity index (χ4v) is 2.37. The van der Waals surface area contributed by atoms with Crippen LogP contribution in [-0.4, -0.2) is 15.8 Å². The first-order chi connectivity index (χ1) is 8.74. The van der Waals surface area contributed by atoms with Gasteiger partial charge in [0, 0.05) is 23.5 Å². The number of halogens is 1. The van der Waals surface area contributed by atoms with E-state index >= 15 is 0 Å². The zero-order valence-corrected chi connectivity index (χ0v) is 11.1. The molecule has 1 unspecified atom stereocenters. The van der Waals surface area contributed by atoms with Gasteiger partial charge in [-0.3, -0.25) is 0 Å². The van der Waals surface area contributed by atoms with Crippen LogP contribution in [0.25, 0.3) is 5.69 Å². The van der Waals surface area contributed by atoms with E-state index in [4.69, 9.17) is 11.6 Å². The Morgan fingerprint density at radius 2 is 2.28 bits per heavy atom. The summed E-state index contributed by atoms with van der Waals surface area (Å²) in [6.45, 7) is 2.23. The van der Waals surface area contributed by atoms with Crippen LogP contribution in [0.1, 0.15) is 19.8 Å². The molecule has 3 rings (SSSR count). The van der Waals surface area contributed by atoms with Gasteiger partial charge in [0.1, 0.15) is 0 Å². The van der Waals surface area contributed by atoms with Crippen LogP contribution in [0.2, 0.25) is 5.02 Å². The molecule has 0 aliphatic heterocycles. The van der Waals surface area contributed by atoms with E-state index in [1.165, 1.54) is 12.8 Å². The summed E-state index contributed by atoms with van der Waals surface area (Å²) in [5, 5.41) is 8.58. The second-order valence-electron chi connectivity index (χ2n) is 4.88. The van der Waals surface area contributed by atoms with Crippen molar-refractivity contribution in [3.8, 4) is 5.69 Å². The lowest BCUT2D eigenvalue weighted by atomic mass is 10.2. The molecule has 1 heterocycles. The molecule has 1 aromatic heterocycles. The number of anilines is 1. The van der Waals surface area contributed by atoms with Crippen LogP contribution in [0.4, 0.5) is 5.69 Å². The molecular weight excluding hydrogens is 246 g/mol. The maximum absolute atomic E-state index is 6.09. The van der Waals surface area contributed by atoms with Crippen LogP contribution in [0, 0.1) is 5.92 Å². The number of hydrogen-bond donors (Lipinski definition) is 1. The molecular formula is C14H16ClN3. The number of rotatable bonds is 4. The van der Waals surface area contributed by atoms with Crippen molar-refractivity contribution in [2.24, 2.45) is 5.92 Å². The minimum atomic E-state index is 0.484. The van der Waals surface area contributed by atoms with Crippen LogP contribution in [0.15, 0.2) is 36.7 Å². The van der Waals surface area contributed by atoms with Crippen LogP contribution in [0.5, 0.6) is 0 Å². The molecule has 94 valence electrons. The number of nitrogens with zero attached hydrogens (tertiary/aromatic N) is 2. The molecule has 0 saturated heterocycles. The molecule has 1 saturated carbocycles. The van der Waals surface area contributed by atoms with E-state index in [0.717, 1.165) is 22.3 Å². The maximum atomic E-state index is 6.09. The summed E-state index contributed by atoms with van der Waals surface area (Å²) < 4.78 is 1.86. The van der Waals surface area contributed by atoms with E-state index in [0.29, 0.717) is 6.04 Å². The first-order valence-corrected chi connectivity index (χ1v) is 6.68. The summed E-state index contributed by atoms with van der Waals surface area (Å²) in [5.74, 6) is 0.800. The highest BCUT2D eigenvalue weighted by atomic mass is 35.5. The van der Waals surface area contributed by atoms with E-state index in [9.17, 15) is 0 Å².